The molecule has 0 fully saturated rings. The number of hydrogen-bond acceptors (Lipinski definition) is 3. The molecule has 33 heavy (non-hydrogen) atoms. The van der Waals surface area contributed by atoms with Crippen molar-refractivity contribution in [3.05, 3.63) is 47.7 Å². The number of aromatic nitrogens is 1. The van der Waals surface area contributed by atoms with E-state index in [1.165, 1.54) is 44.2 Å². The van der Waals surface area contributed by atoms with Gasteiger partial charge in [0.15, 0.2) is 11.6 Å². The van der Waals surface area contributed by atoms with E-state index in [0.29, 0.717) is 25.1 Å². The minimum Gasteiger partial charge on any atom is -0.490 e. The average molecular weight is 462 g/mol. The lowest BCUT2D eigenvalue weighted by atomic mass is 10.0. The maximum absolute atomic E-state index is 14.7. The fourth-order valence-corrected chi connectivity index (χ4v) is 3.92. The summed E-state index contributed by atoms with van der Waals surface area (Å²) in [6.07, 6.45) is 14.9. The van der Waals surface area contributed by atoms with Crippen LogP contribution in [0.5, 0.6) is 5.75 Å². The summed E-state index contributed by atoms with van der Waals surface area (Å²) < 4.78 is 34.6. The van der Waals surface area contributed by atoms with Gasteiger partial charge in [-0.3, -0.25) is 4.98 Å². The van der Waals surface area contributed by atoms with Crippen LogP contribution < -0.4 is 4.74 Å². The van der Waals surface area contributed by atoms with Crippen LogP contribution >= 0.6 is 0 Å². The Hall–Kier alpha value is -2.01. The minimum absolute atomic E-state index is 0.0469. The van der Waals surface area contributed by atoms with Crippen LogP contribution in [-0.2, 0) is 6.42 Å². The van der Waals surface area contributed by atoms with Gasteiger partial charge in [-0.05, 0) is 49.4 Å². The van der Waals surface area contributed by atoms with Crippen molar-refractivity contribution in [3.8, 4) is 17.0 Å². The fourth-order valence-electron chi connectivity index (χ4n) is 3.92. The zero-order chi connectivity index (χ0) is 23.9. The Kier molecular flexibility index (Phi) is 13.0. The van der Waals surface area contributed by atoms with Crippen molar-refractivity contribution in [2.24, 2.45) is 0 Å². The van der Waals surface area contributed by atoms with Crippen LogP contribution in [0.4, 0.5) is 8.78 Å². The first-order valence-electron chi connectivity index (χ1n) is 12.8. The van der Waals surface area contributed by atoms with Crippen LogP contribution in [0.2, 0.25) is 0 Å². The predicted molar refractivity (Wildman–Crippen MR) is 132 cm³/mol. The van der Waals surface area contributed by atoms with Crippen molar-refractivity contribution in [3.63, 3.8) is 0 Å². The van der Waals surface area contributed by atoms with E-state index in [4.69, 9.17) is 4.74 Å². The van der Waals surface area contributed by atoms with Crippen LogP contribution in [0.1, 0.15) is 96.5 Å². The number of nitrogens with zero attached hydrogens (tertiary/aromatic N) is 1. The molecule has 5 heteroatoms. The lowest BCUT2D eigenvalue weighted by Gasteiger charge is -2.12. The van der Waals surface area contributed by atoms with Crippen molar-refractivity contribution >= 4 is 0 Å². The summed E-state index contributed by atoms with van der Waals surface area (Å²) >= 11 is 0. The molecule has 1 unspecified atom stereocenters. The zero-order valence-corrected chi connectivity index (χ0v) is 20.4. The average Bonchev–Trinajstić information content (AvgIpc) is 2.83. The molecule has 1 atom stereocenters. The van der Waals surface area contributed by atoms with Gasteiger partial charge in [-0.25, -0.2) is 4.39 Å². The first-order valence-corrected chi connectivity index (χ1v) is 12.8. The first kappa shape index (κ1) is 27.2. The van der Waals surface area contributed by atoms with Gasteiger partial charge in [0.2, 0.25) is 5.82 Å². The van der Waals surface area contributed by atoms with Crippen LogP contribution in [0.25, 0.3) is 11.3 Å². The van der Waals surface area contributed by atoms with E-state index in [2.05, 4.69) is 18.8 Å². The van der Waals surface area contributed by atoms with E-state index in [1.807, 2.05) is 6.07 Å². The van der Waals surface area contributed by atoms with E-state index in [9.17, 15) is 13.9 Å². The quantitative estimate of drug-likeness (QED) is 0.242. The summed E-state index contributed by atoms with van der Waals surface area (Å²) in [6, 6.07) is 6.58. The van der Waals surface area contributed by atoms with E-state index >= 15 is 0 Å². The molecular weight excluding hydrogens is 420 g/mol. The van der Waals surface area contributed by atoms with E-state index in [-0.39, 0.29) is 17.4 Å². The van der Waals surface area contributed by atoms with Crippen molar-refractivity contribution in [1.82, 2.24) is 4.98 Å². The maximum atomic E-state index is 14.7. The van der Waals surface area contributed by atoms with Crippen LogP contribution in [0.15, 0.2) is 30.5 Å². The number of aryl methyl sites for hydroxylation is 1. The van der Waals surface area contributed by atoms with Gasteiger partial charge in [-0.1, -0.05) is 77.7 Å². The number of rotatable bonds is 17. The molecule has 2 rings (SSSR count). The maximum Gasteiger partial charge on any atom is 0.201 e. The smallest absolute Gasteiger partial charge is 0.201 e. The Morgan fingerprint density at radius 3 is 2.21 bits per heavy atom. The Labute approximate surface area is 198 Å². The minimum atomic E-state index is -0.962. The normalized spacial score (nSPS) is 12.2. The van der Waals surface area contributed by atoms with Gasteiger partial charge in [0, 0.05) is 11.8 Å². The standard InChI is InChI=1S/C28H41F2NO2/c1-3-5-7-9-10-12-20-33-26-19-17-24(27(29)28(26)30)25-18-15-22(21-31-25)14-16-23(32)13-11-8-6-4-2/h15,17-19,21,23,32H,3-14,16,20H2,1-2H3. The summed E-state index contributed by atoms with van der Waals surface area (Å²) in [6.45, 7) is 4.74. The van der Waals surface area contributed by atoms with Gasteiger partial charge in [0.05, 0.1) is 18.4 Å². The highest BCUT2D eigenvalue weighted by molar-refractivity contribution is 5.61. The van der Waals surface area contributed by atoms with Crippen molar-refractivity contribution in [2.45, 2.75) is 103 Å². The van der Waals surface area contributed by atoms with Gasteiger partial charge < -0.3 is 9.84 Å². The first-order chi connectivity index (χ1) is 16.1. The summed E-state index contributed by atoms with van der Waals surface area (Å²) in [5.41, 5.74) is 1.49. The molecule has 0 saturated carbocycles. The van der Waals surface area contributed by atoms with Crippen LogP contribution in [0, 0.1) is 11.6 Å². The van der Waals surface area contributed by atoms with E-state index < -0.39 is 11.6 Å². The molecule has 0 spiro atoms. The molecule has 0 amide bonds. The largest absolute Gasteiger partial charge is 0.490 e. The third-order valence-electron chi connectivity index (χ3n) is 6.06. The summed E-state index contributed by atoms with van der Waals surface area (Å²) in [5, 5.41) is 10.1. The molecule has 1 N–H and O–H groups in total. The second-order valence-corrected chi connectivity index (χ2v) is 8.95. The molecule has 0 bridgehead atoms. The molecule has 1 heterocycles. The highest BCUT2D eigenvalue weighted by atomic mass is 19.2. The molecular formula is C28H41F2NO2. The third-order valence-corrected chi connectivity index (χ3v) is 6.06. The second kappa shape index (κ2) is 15.8. The molecule has 184 valence electrons. The van der Waals surface area contributed by atoms with Gasteiger partial charge in [-0.2, -0.15) is 4.39 Å². The van der Waals surface area contributed by atoms with Gasteiger partial charge in [0.1, 0.15) is 0 Å². The highest BCUT2D eigenvalue weighted by Crippen LogP contribution is 2.29. The van der Waals surface area contributed by atoms with Crippen LogP contribution in [0.3, 0.4) is 0 Å². The van der Waals surface area contributed by atoms with Crippen molar-refractivity contribution < 1.29 is 18.6 Å². The Bertz CT molecular complexity index is 795. The molecule has 1 aromatic carbocycles. The molecule has 0 aliphatic heterocycles. The number of benzene rings is 1. The molecule has 2 aromatic rings. The van der Waals surface area contributed by atoms with Gasteiger partial charge >= 0.3 is 0 Å². The Morgan fingerprint density at radius 1 is 0.818 bits per heavy atom. The number of aliphatic hydroxyl groups is 1. The van der Waals surface area contributed by atoms with E-state index in [1.54, 1.807) is 12.3 Å². The number of unbranched alkanes of at least 4 members (excludes halogenated alkanes) is 8. The lowest BCUT2D eigenvalue weighted by Crippen LogP contribution is -2.08. The zero-order valence-electron chi connectivity index (χ0n) is 20.4. The predicted octanol–water partition coefficient (Wildman–Crippen LogP) is 8.03. The van der Waals surface area contributed by atoms with Gasteiger partial charge in [0.25, 0.3) is 0 Å². The molecule has 3 nitrogen and oxygen atoms in total. The highest BCUT2D eigenvalue weighted by Gasteiger charge is 2.16. The summed E-state index contributed by atoms with van der Waals surface area (Å²) in [5.74, 6) is -1.94. The molecule has 0 radical (unpaired) electrons. The molecule has 0 aliphatic rings. The van der Waals surface area contributed by atoms with Crippen molar-refractivity contribution in [2.75, 3.05) is 6.61 Å². The number of hydrogen-bond donors (Lipinski definition) is 1. The fraction of sp³-hybridized carbons (Fsp3) is 0.607. The summed E-state index contributed by atoms with van der Waals surface area (Å²) in [4.78, 5) is 4.33. The monoisotopic (exact) mass is 461 g/mol. The molecule has 0 aliphatic carbocycles. The number of pyridine rings is 1. The number of halogens is 2. The Balaban J connectivity index is 1.84. The SMILES string of the molecule is CCCCCCCCOc1ccc(-c2ccc(CCC(O)CCCCCC)cn2)c(F)c1F. The van der Waals surface area contributed by atoms with E-state index in [0.717, 1.165) is 44.1 Å². The number of aliphatic hydroxyl groups excluding tert-OH is 1. The number of ether oxygens (including phenoxy) is 1. The summed E-state index contributed by atoms with van der Waals surface area (Å²) in [7, 11) is 0. The topological polar surface area (TPSA) is 42.4 Å². The lowest BCUT2D eigenvalue weighted by molar-refractivity contribution is 0.151. The third kappa shape index (κ3) is 9.79. The van der Waals surface area contributed by atoms with Gasteiger partial charge in [-0.15, -0.1) is 0 Å². The second-order valence-electron chi connectivity index (χ2n) is 8.95. The molecule has 0 saturated heterocycles. The van der Waals surface area contributed by atoms with Crippen molar-refractivity contribution in [1.29, 1.82) is 0 Å². The molecule has 1 aromatic heterocycles. The Morgan fingerprint density at radius 2 is 1.52 bits per heavy atom. The van der Waals surface area contributed by atoms with Crippen LogP contribution in [-0.4, -0.2) is 22.8 Å².